The van der Waals surface area contributed by atoms with Crippen molar-refractivity contribution in [3.05, 3.63) is 29.6 Å². The summed E-state index contributed by atoms with van der Waals surface area (Å²) in [7, 11) is 0. The topological polar surface area (TPSA) is 52.0 Å². The van der Waals surface area contributed by atoms with E-state index < -0.39 is 0 Å². The van der Waals surface area contributed by atoms with Gasteiger partial charge in [-0.15, -0.1) is 12.4 Å². The fraction of sp³-hybridized carbons (Fsp3) is 0.250. The van der Waals surface area contributed by atoms with E-state index in [1.54, 1.807) is 13.0 Å². The predicted molar refractivity (Wildman–Crippen MR) is 50.7 cm³/mol. The molecule has 0 aliphatic rings. The van der Waals surface area contributed by atoms with Gasteiger partial charge < -0.3 is 11.5 Å². The first-order valence-electron chi connectivity index (χ1n) is 3.41. The Labute approximate surface area is 77.2 Å². The molecule has 4 heteroatoms. The van der Waals surface area contributed by atoms with Crippen LogP contribution < -0.4 is 11.5 Å². The summed E-state index contributed by atoms with van der Waals surface area (Å²) in [5.41, 5.74) is 12.1. The number of hydrogen-bond donors (Lipinski definition) is 2. The fourth-order valence-corrected chi connectivity index (χ4v) is 0.899. The van der Waals surface area contributed by atoms with E-state index in [1.807, 2.05) is 0 Å². The van der Waals surface area contributed by atoms with E-state index in [0.717, 1.165) is 5.56 Å². The van der Waals surface area contributed by atoms with Gasteiger partial charge in [-0.25, -0.2) is 4.39 Å². The van der Waals surface area contributed by atoms with Crippen LogP contribution in [0.4, 0.5) is 10.1 Å². The average Bonchev–Trinajstić information content (AvgIpc) is 1.85. The summed E-state index contributed by atoms with van der Waals surface area (Å²) in [4.78, 5) is 0. The Hall–Kier alpha value is -0.800. The maximum Gasteiger partial charge on any atom is 0.125 e. The summed E-state index contributed by atoms with van der Waals surface area (Å²) in [6.07, 6.45) is 0. The van der Waals surface area contributed by atoms with Gasteiger partial charge in [-0.05, 0) is 30.7 Å². The lowest BCUT2D eigenvalue weighted by Gasteiger charge is -2.05. The highest BCUT2D eigenvalue weighted by Gasteiger charge is 2.01. The van der Waals surface area contributed by atoms with Crippen LogP contribution in [0.5, 0.6) is 0 Å². The van der Waals surface area contributed by atoms with Gasteiger partial charge in [0.2, 0.25) is 0 Å². The molecule has 0 amide bonds. The second-order valence-corrected chi connectivity index (χ2v) is 2.61. The molecule has 2 nitrogen and oxygen atoms in total. The van der Waals surface area contributed by atoms with Crippen LogP contribution >= 0.6 is 12.4 Å². The monoisotopic (exact) mass is 190 g/mol. The molecule has 0 aromatic heterocycles. The van der Waals surface area contributed by atoms with E-state index >= 15 is 0 Å². The maximum absolute atomic E-state index is 12.7. The molecule has 1 aromatic rings. The molecule has 12 heavy (non-hydrogen) atoms. The molecule has 1 unspecified atom stereocenters. The van der Waals surface area contributed by atoms with Crippen molar-refractivity contribution in [1.29, 1.82) is 0 Å². The second kappa shape index (κ2) is 4.28. The van der Waals surface area contributed by atoms with Gasteiger partial charge in [0.25, 0.3) is 0 Å². The predicted octanol–water partition coefficient (Wildman–Crippen LogP) is 1.85. The minimum absolute atomic E-state index is 0. The molecule has 0 saturated carbocycles. The summed E-state index contributed by atoms with van der Waals surface area (Å²) in [5, 5.41) is 0. The Morgan fingerprint density at radius 2 is 1.92 bits per heavy atom. The van der Waals surface area contributed by atoms with Gasteiger partial charge in [-0.2, -0.15) is 0 Å². The van der Waals surface area contributed by atoms with Gasteiger partial charge in [0.15, 0.2) is 0 Å². The van der Waals surface area contributed by atoms with E-state index in [-0.39, 0.29) is 24.3 Å². The molecule has 0 radical (unpaired) electrons. The summed E-state index contributed by atoms with van der Waals surface area (Å²) in [5.74, 6) is -0.336. The van der Waals surface area contributed by atoms with Crippen LogP contribution in [0.2, 0.25) is 0 Å². The number of rotatable bonds is 1. The molecule has 0 saturated heterocycles. The molecule has 4 N–H and O–H groups in total. The first-order chi connectivity index (χ1) is 5.09. The van der Waals surface area contributed by atoms with Crippen molar-refractivity contribution in [3.63, 3.8) is 0 Å². The first kappa shape index (κ1) is 11.2. The van der Waals surface area contributed by atoms with Crippen molar-refractivity contribution >= 4 is 18.1 Å². The van der Waals surface area contributed by atoms with Gasteiger partial charge in [-0.1, -0.05) is 0 Å². The van der Waals surface area contributed by atoms with Gasteiger partial charge in [-0.3, -0.25) is 0 Å². The van der Waals surface area contributed by atoms with Crippen LogP contribution in [0.15, 0.2) is 18.2 Å². The van der Waals surface area contributed by atoms with Crippen molar-refractivity contribution in [1.82, 2.24) is 0 Å². The zero-order chi connectivity index (χ0) is 8.43. The molecule has 68 valence electrons. The summed E-state index contributed by atoms with van der Waals surface area (Å²) >= 11 is 0. The summed E-state index contributed by atoms with van der Waals surface area (Å²) < 4.78 is 12.7. The van der Waals surface area contributed by atoms with Crippen LogP contribution in [0.1, 0.15) is 18.5 Å². The van der Waals surface area contributed by atoms with Gasteiger partial charge in [0.1, 0.15) is 5.82 Å². The first-order valence-corrected chi connectivity index (χ1v) is 3.41. The van der Waals surface area contributed by atoms with E-state index in [0.29, 0.717) is 5.69 Å². The lowest BCUT2D eigenvalue weighted by Crippen LogP contribution is -2.05. The molecule has 0 spiro atoms. The smallest absolute Gasteiger partial charge is 0.125 e. The molecule has 1 atom stereocenters. The third-order valence-corrected chi connectivity index (χ3v) is 1.47. The normalized spacial score (nSPS) is 11.9. The standard InChI is InChI=1S/C8H11FN2.ClH/c1-5(10)6-2-7(9)4-8(11)3-6;/h2-5H,10-11H2,1H3;1H. The Kier molecular flexibility index (Phi) is 4.00. The van der Waals surface area contributed by atoms with E-state index in [2.05, 4.69) is 0 Å². The zero-order valence-corrected chi connectivity index (χ0v) is 7.57. The molecule has 0 aliphatic heterocycles. The van der Waals surface area contributed by atoms with Crippen molar-refractivity contribution in [2.24, 2.45) is 5.73 Å². The van der Waals surface area contributed by atoms with E-state index in [4.69, 9.17) is 11.5 Å². The fourth-order valence-electron chi connectivity index (χ4n) is 0.899. The van der Waals surface area contributed by atoms with Gasteiger partial charge in [0.05, 0.1) is 0 Å². The molecule has 1 rings (SSSR count). The quantitative estimate of drug-likeness (QED) is 0.664. The highest BCUT2D eigenvalue weighted by Crippen LogP contribution is 2.15. The molecular formula is C8H12ClFN2. The minimum Gasteiger partial charge on any atom is -0.399 e. The Morgan fingerprint density at radius 3 is 2.33 bits per heavy atom. The molecule has 0 bridgehead atoms. The summed E-state index contributed by atoms with van der Waals surface area (Å²) in [6, 6.07) is 4.16. The third kappa shape index (κ3) is 2.68. The van der Waals surface area contributed by atoms with Crippen LogP contribution in [0.3, 0.4) is 0 Å². The molecular weight excluding hydrogens is 179 g/mol. The Balaban J connectivity index is 0.00000121. The molecule has 1 aromatic carbocycles. The molecule has 0 heterocycles. The largest absolute Gasteiger partial charge is 0.399 e. The van der Waals surface area contributed by atoms with Crippen molar-refractivity contribution in [3.8, 4) is 0 Å². The number of nitrogens with two attached hydrogens (primary N) is 2. The summed E-state index contributed by atoms with van der Waals surface area (Å²) in [6.45, 7) is 1.79. The van der Waals surface area contributed by atoms with E-state index in [1.165, 1.54) is 12.1 Å². The Morgan fingerprint density at radius 1 is 1.33 bits per heavy atom. The van der Waals surface area contributed by atoms with Crippen molar-refractivity contribution in [2.45, 2.75) is 13.0 Å². The van der Waals surface area contributed by atoms with Crippen molar-refractivity contribution < 1.29 is 4.39 Å². The van der Waals surface area contributed by atoms with Gasteiger partial charge in [0, 0.05) is 11.7 Å². The molecule has 0 aliphatic carbocycles. The zero-order valence-electron chi connectivity index (χ0n) is 6.75. The SMILES string of the molecule is CC(N)c1cc(N)cc(F)c1.Cl. The van der Waals surface area contributed by atoms with Crippen molar-refractivity contribution in [2.75, 3.05) is 5.73 Å². The maximum atomic E-state index is 12.7. The highest BCUT2D eigenvalue weighted by atomic mass is 35.5. The highest BCUT2D eigenvalue weighted by molar-refractivity contribution is 5.85. The second-order valence-electron chi connectivity index (χ2n) is 2.61. The average molecular weight is 191 g/mol. The molecule has 0 fully saturated rings. The number of benzene rings is 1. The van der Waals surface area contributed by atoms with Gasteiger partial charge >= 0.3 is 0 Å². The van der Waals surface area contributed by atoms with Crippen LogP contribution in [-0.4, -0.2) is 0 Å². The lowest BCUT2D eigenvalue weighted by atomic mass is 10.1. The van der Waals surface area contributed by atoms with Crippen LogP contribution in [0.25, 0.3) is 0 Å². The number of hydrogen-bond acceptors (Lipinski definition) is 2. The van der Waals surface area contributed by atoms with Crippen LogP contribution in [0, 0.1) is 5.82 Å². The third-order valence-electron chi connectivity index (χ3n) is 1.47. The lowest BCUT2D eigenvalue weighted by molar-refractivity contribution is 0.623. The Bertz CT molecular complexity index is 243. The van der Waals surface area contributed by atoms with Crippen LogP contribution in [-0.2, 0) is 0 Å². The number of nitrogen functional groups attached to an aromatic ring is 1. The van der Waals surface area contributed by atoms with E-state index in [9.17, 15) is 4.39 Å². The number of halogens is 2. The minimum atomic E-state index is -0.336. The number of anilines is 1.